The van der Waals surface area contributed by atoms with E-state index in [-0.39, 0.29) is 17.8 Å². The van der Waals surface area contributed by atoms with E-state index in [1.807, 2.05) is 0 Å². The lowest BCUT2D eigenvalue weighted by Crippen LogP contribution is -2.32. The fourth-order valence-electron chi connectivity index (χ4n) is 3.06. The number of thiazole rings is 1. The summed E-state index contributed by atoms with van der Waals surface area (Å²) < 4.78 is 13.1. The van der Waals surface area contributed by atoms with Crippen molar-refractivity contribution in [1.29, 1.82) is 0 Å². The molecule has 0 spiro atoms. The molecule has 1 aliphatic rings. The number of aromatic nitrogens is 2. The first-order valence-corrected chi connectivity index (χ1v) is 9.90. The van der Waals surface area contributed by atoms with Crippen molar-refractivity contribution in [2.75, 3.05) is 18.0 Å². The van der Waals surface area contributed by atoms with E-state index in [1.165, 1.54) is 29.7 Å². The number of amides is 3. The van der Waals surface area contributed by atoms with Crippen LogP contribution in [-0.4, -0.2) is 39.9 Å². The molecule has 1 aromatic carbocycles. The number of hydrogen-bond acceptors (Lipinski definition) is 5. The minimum atomic E-state index is -0.308. The number of hydrogen-bond donors (Lipinski definition) is 1. The second-order valence-electron chi connectivity index (χ2n) is 6.54. The Hall–Kier alpha value is -3.33. The minimum absolute atomic E-state index is 0.191. The van der Waals surface area contributed by atoms with Crippen molar-refractivity contribution in [3.8, 4) is 0 Å². The molecule has 2 aromatic heterocycles. The van der Waals surface area contributed by atoms with Crippen LogP contribution in [0.1, 0.15) is 20.8 Å². The van der Waals surface area contributed by atoms with Gasteiger partial charge in [-0.15, -0.1) is 11.3 Å². The molecule has 0 saturated carbocycles. The molecule has 3 aromatic rings. The Morgan fingerprint density at radius 2 is 2.03 bits per heavy atom. The molecule has 7 nitrogen and oxygen atoms in total. The van der Waals surface area contributed by atoms with Gasteiger partial charge in [0.1, 0.15) is 11.6 Å². The van der Waals surface area contributed by atoms with Crippen molar-refractivity contribution >= 4 is 29.1 Å². The summed E-state index contributed by atoms with van der Waals surface area (Å²) in [4.78, 5) is 37.6. The van der Waals surface area contributed by atoms with Gasteiger partial charge in [0.15, 0.2) is 0 Å². The van der Waals surface area contributed by atoms with Gasteiger partial charge in [0.05, 0.1) is 12.1 Å². The van der Waals surface area contributed by atoms with Crippen molar-refractivity contribution in [2.45, 2.75) is 13.1 Å². The predicted molar refractivity (Wildman–Crippen MR) is 107 cm³/mol. The number of halogens is 1. The van der Waals surface area contributed by atoms with E-state index in [0.29, 0.717) is 37.6 Å². The number of urea groups is 1. The van der Waals surface area contributed by atoms with Gasteiger partial charge in [-0.3, -0.25) is 14.7 Å². The van der Waals surface area contributed by atoms with Crippen LogP contribution in [0.5, 0.6) is 0 Å². The highest BCUT2D eigenvalue weighted by molar-refractivity contribution is 7.09. The number of nitrogens with zero attached hydrogens (tertiary/aromatic N) is 4. The first kappa shape index (κ1) is 19.0. The van der Waals surface area contributed by atoms with E-state index < -0.39 is 0 Å². The maximum Gasteiger partial charge on any atom is 0.326 e. The van der Waals surface area contributed by atoms with Gasteiger partial charge >= 0.3 is 6.03 Å². The molecule has 3 amide bonds. The number of rotatable bonds is 6. The zero-order chi connectivity index (χ0) is 20.2. The van der Waals surface area contributed by atoms with Gasteiger partial charge in [0.25, 0.3) is 5.91 Å². The van der Waals surface area contributed by atoms with Crippen molar-refractivity contribution in [3.63, 3.8) is 0 Å². The molecule has 3 heterocycles. The molecule has 1 saturated heterocycles. The SMILES string of the molecule is O=C(NCc1cncs1)c1ccnc(N2CCN(Cc3ccc(F)cc3)C2=O)c1. The summed E-state index contributed by atoms with van der Waals surface area (Å²) >= 11 is 1.47. The maximum absolute atomic E-state index is 13.1. The molecule has 29 heavy (non-hydrogen) atoms. The number of anilines is 1. The van der Waals surface area contributed by atoms with Gasteiger partial charge < -0.3 is 10.2 Å². The van der Waals surface area contributed by atoms with Crippen LogP contribution in [0.2, 0.25) is 0 Å². The summed E-state index contributed by atoms with van der Waals surface area (Å²) in [5.74, 6) is -0.114. The third kappa shape index (κ3) is 4.40. The van der Waals surface area contributed by atoms with Crippen molar-refractivity contribution in [3.05, 3.63) is 76.1 Å². The van der Waals surface area contributed by atoms with Crippen molar-refractivity contribution in [1.82, 2.24) is 20.2 Å². The summed E-state index contributed by atoms with van der Waals surface area (Å²) in [7, 11) is 0. The number of nitrogens with one attached hydrogen (secondary N) is 1. The molecule has 9 heteroatoms. The molecule has 4 rings (SSSR count). The summed E-state index contributed by atoms with van der Waals surface area (Å²) in [6, 6.07) is 9.12. The van der Waals surface area contributed by atoms with E-state index >= 15 is 0 Å². The molecule has 0 unspecified atom stereocenters. The number of carbonyl (C=O) groups excluding carboxylic acids is 2. The van der Waals surface area contributed by atoms with Crippen LogP contribution in [0.25, 0.3) is 0 Å². The van der Waals surface area contributed by atoms with Gasteiger partial charge in [-0.2, -0.15) is 0 Å². The largest absolute Gasteiger partial charge is 0.347 e. The smallest absolute Gasteiger partial charge is 0.326 e. The molecule has 0 atom stereocenters. The molecule has 1 aliphatic heterocycles. The molecule has 0 aliphatic carbocycles. The highest BCUT2D eigenvalue weighted by Crippen LogP contribution is 2.21. The molecule has 1 N–H and O–H groups in total. The summed E-state index contributed by atoms with van der Waals surface area (Å²) in [6.45, 7) is 1.79. The van der Waals surface area contributed by atoms with E-state index in [0.717, 1.165) is 10.4 Å². The highest BCUT2D eigenvalue weighted by atomic mass is 32.1. The third-order valence-electron chi connectivity index (χ3n) is 4.57. The van der Waals surface area contributed by atoms with Crippen molar-refractivity contribution in [2.24, 2.45) is 0 Å². The number of pyridine rings is 1. The Bertz CT molecular complexity index is 1010. The number of benzene rings is 1. The van der Waals surface area contributed by atoms with Crippen LogP contribution in [0.4, 0.5) is 15.0 Å². The Morgan fingerprint density at radius 3 is 2.79 bits per heavy atom. The van der Waals surface area contributed by atoms with E-state index in [2.05, 4.69) is 15.3 Å². The average molecular weight is 411 g/mol. The van der Waals surface area contributed by atoms with Gasteiger partial charge in [-0.1, -0.05) is 12.1 Å². The Balaban J connectivity index is 1.41. The van der Waals surface area contributed by atoms with Crippen molar-refractivity contribution < 1.29 is 14.0 Å². The second-order valence-corrected chi connectivity index (χ2v) is 7.51. The normalized spacial score (nSPS) is 13.8. The minimum Gasteiger partial charge on any atom is -0.347 e. The van der Waals surface area contributed by atoms with Crippen LogP contribution in [0.3, 0.4) is 0 Å². The van der Waals surface area contributed by atoms with Crippen LogP contribution in [-0.2, 0) is 13.1 Å². The predicted octanol–water partition coefficient (Wildman–Crippen LogP) is 3.05. The first-order chi connectivity index (χ1) is 14.1. The van der Waals surface area contributed by atoms with Gasteiger partial charge in [0, 0.05) is 42.5 Å². The van der Waals surface area contributed by atoms with Gasteiger partial charge in [-0.05, 0) is 29.8 Å². The lowest BCUT2D eigenvalue weighted by Gasteiger charge is -2.18. The molecule has 1 fully saturated rings. The van der Waals surface area contributed by atoms with Crippen LogP contribution >= 0.6 is 11.3 Å². The van der Waals surface area contributed by atoms with Gasteiger partial charge in [-0.25, -0.2) is 14.2 Å². The quantitative estimate of drug-likeness (QED) is 0.676. The molecular formula is C20H18FN5O2S. The standard InChI is InChI=1S/C20H18FN5O2S/c21-16-3-1-14(2-4-16)12-25-7-8-26(20(25)28)18-9-15(5-6-23-18)19(27)24-11-17-10-22-13-29-17/h1-6,9-10,13H,7-8,11-12H2,(H,24,27). The fraction of sp³-hybridized carbons (Fsp3) is 0.200. The Labute approximate surface area is 170 Å². The monoisotopic (exact) mass is 411 g/mol. The topological polar surface area (TPSA) is 78.4 Å². The highest BCUT2D eigenvalue weighted by Gasteiger charge is 2.30. The summed E-state index contributed by atoms with van der Waals surface area (Å²) in [5, 5.41) is 2.84. The summed E-state index contributed by atoms with van der Waals surface area (Å²) in [5.41, 5.74) is 3.00. The van der Waals surface area contributed by atoms with Crippen LogP contribution < -0.4 is 10.2 Å². The summed E-state index contributed by atoms with van der Waals surface area (Å²) in [6.07, 6.45) is 3.23. The molecule has 0 radical (unpaired) electrons. The van der Waals surface area contributed by atoms with Crippen LogP contribution in [0, 0.1) is 5.82 Å². The van der Waals surface area contributed by atoms with E-state index in [9.17, 15) is 14.0 Å². The second kappa shape index (κ2) is 8.36. The lowest BCUT2D eigenvalue weighted by atomic mass is 10.2. The average Bonchev–Trinajstić information content (AvgIpc) is 3.38. The zero-order valence-electron chi connectivity index (χ0n) is 15.4. The van der Waals surface area contributed by atoms with Crippen LogP contribution in [0.15, 0.2) is 54.3 Å². The van der Waals surface area contributed by atoms with E-state index in [1.54, 1.807) is 45.8 Å². The molecular weight excluding hydrogens is 393 g/mol. The molecule has 148 valence electrons. The number of carbonyl (C=O) groups is 2. The Morgan fingerprint density at radius 1 is 1.21 bits per heavy atom. The fourth-order valence-corrected chi connectivity index (χ4v) is 3.59. The zero-order valence-corrected chi connectivity index (χ0v) is 16.2. The third-order valence-corrected chi connectivity index (χ3v) is 5.35. The maximum atomic E-state index is 13.1. The lowest BCUT2D eigenvalue weighted by molar-refractivity contribution is 0.0951. The van der Waals surface area contributed by atoms with E-state index in [4.69, 9.17) is 0 Å². The first-order valence-electron chi connectivity index (χ1n) is 9.02. The Kier molecular flexibility index (Phi) is 5.48. The molecule has 0 bridgehead atoms. The van der Waals surface area contributed by atoms with Gasteiger partial charge in [0.2, 0.25) is 0 Å².